The van der Waals surface area contributed by atoms with Crippen molar-refractivity contribution >= 4 is 0 Å². The Hall–Kier alpha value is -1.96. The summed E-state index contributed by atoms with van der Waals surface area (Å²) in [5.74, 6) is 1.68. The third kappa shape index (κ3) is 1.86. The number of benzene rings is 2. The van der Waals surface area contributed by atoms with Gasteiger partial charge in [0.1, 0.15) is 24.2 Å². The Labute approximate surface area is 101 Å². The zero-order valence-electron chi connectivity index (χ0n) is 9.57. The van der Waals surface area contributed by atoms with Gasteiger partial charge < -0.3 is 9.47 Å². The average molecular weight is 224 g/mol. The Morgan fingerprint density at radius 1 is 1.06 bits per heavy atom. The van der Waals surface area contributed by atoms with Crippen molar-refractivity contribution < 1.29 is 9.47 Å². The molecule has 2 aromatic carbocycles. The number of hydrogen-bond donors (Lipinski definition) is 0. The van der Waals surface area contributed by atoms with Crippen molar-refractivity contribution in [2.75, 3.05) is 6.61 Å². The number of hydrogen-bond acceptors (Lipinski definition) is 2. The molecule has 0 saturated heterocycles. The third-order valence-corrected chi connectivity index (χ3v) is 2.69. The van der Waals surface area contributed by atoms with E-state index in [9.17, 15) is 0 Å². The zero-order chi connectivity index (χ0) is 11.7. The van der Waals surface area contributed by atoms with Crippen LogP contribution >= 0.6 is 0 Å². The minimum atomic E-state index is 0.0258. The van der Waals surface area contributed by atoms with Crippen LogP contribution in [0.5, 0.6) is 11.5 Å². The summed E-state index contributed by atoms with van der Waals surface area (Å²) in [5.41, 5.74) is 1.82. The predicted octanol–water partition coefficient (Wildman–Crippen LogP) is 3.11. The van der Waals surface area contributed by atoms with E-state index in [0.29, 0.717) is 6.61 Å². The van der Waals surface area contributed by atoms with Gasteiger partial charge in [-0.2, -0.15) is 0 Å². The molecule has 2 aromatic rings. The van der Waals surface area contributed by atoms with Gasteiger partial charge in [0.25, 0.3) is 0 Å². The van der Waals surface area contributed by atoms with Crippen LogP contribution in [0.15, 0.2) is 36.4 Å². The summed E-state index contributed by atoms with van der Waals surface area (Å²) in [6.07, 6.45) is 0.0258. The fraction of sp³-hybridized carbons (Fsp3) is 0.200. The first-order chi connectivity index (χ1) is 8.34. The molecule has 2 radical (unpaired) electrons. The van der Waals surface area contributed by atoms with Crippen molar-refractivity contribution in [3.8, 4) is 22.6 Å². The van der Waals surface area contributed by atoms with Gasteiger partial charge in [0.05, 0.1) is 0 Å². The molecule has 1 heterocycles. The van der Waals surface area contributed by atoms with Crippen LogP contribution in [0.4, 0.5) is 0 Å². The molecular weight excluding hydrogens is 212 g/mol. The lowest BCUT2D eigenvalue weighted by molar-refractivity contribution is 0.141. The summed E-state index contributed by atoms with van der Waals surface area (Å²) in [4.78, 5) is 0. The maximum atomic E-state index is 5.82. The Balaban J connectivity index is 2.20. The van der Waals surface area contributed by atoms with E-state index in [1.807, 2.05) is 43.3 Å². The van der Waals surface area contributed by atoms with Gasteiger partial charge in [-0.3, -0.25) is 0 Å². The zero-order valence-corrected chi connectivity index (χ0v) is 9.57. The molecule has 0 fully saturated rings. The van der Waals surface area contributed by atoms with Gasteiger partial charge in [-0.1, -0.05) is 24.3 Å². The van der Waals surface area contributed by atoms with Crippen LogP contribution in [0.2, 0.25) is 0 Å². The molecule has 0 aromatic heterocycles. The molecule has 3 rings (SSSR count). The van der Waals surface area contributed by atoms with E-state index in [-0.39, 0.29) is 6.10 Å². The van der Waals surface area contributed by atoms with E-state index in [1.165, 1.54) is 0 Å². The lowest BCUT2D eigenvalue weighted by atomic mass is 10.0. The normalized spacial score (nSPS) is 17.8. The van der Waals surface area contributed by atoms with Crippen LogP contribution in [0, 0.1) is 12.1 Å². The van der Waals surface area contributed by atoms with Gasteiger partial charge >= 0.3 is 0 Å². The summed E-state index contributed by atoms with van der Waals surface area (Å²) >= 11 is 0. The molecule has 0 aliphatic carbocycles. The van der Waals surface area contributed by atoms with Crippen molar-refractivity contribution in [2.45, 2.75) is 13.0 Å². The lowest BCUT2D eigenvalue weighted by Gasteiger charge is -2.22. The standard InChI is InChI=1S/C15H12O2/c1-11-10-16-14-8-4-2-6-12(14)13-7-3-5-9-15(13)17-11/h2-5,8-9,11H,10H2,1H3/t11-/m1/s1. The van der Waals surface area contributed by atoms with Crippen molar-refractivity contribution in [1.29, 1.82) is 0 Å². The summed E-state index contributed by atoms with van der Waals surface area (Å²) in [5, 5.41) is 0. The maximum Gasteiger partial charge on any atom is 0.130 e. The molecule has 1 aliphatic rings. The molecule has 17 heavy (non-hydrogen) atoms. The first-order valence-electron chi connectivity index (χ1n) is 5.66. The fourth-order valence-corrected chi connectivity index (χ4v) is 1.91. The highest BCUT2D eigenvalue weighted by molar-refractivity contribution is 5.74. The number of ether oxygens (including phenoxy) is 2. The molecule has 0 spiro atoms. The summed E-state index contributed by atoms with van der Waals surface area (Å²) < 4.78 is 11.5. The number of rotatable bonds is 0. The van der Waals surface area contributed by atoms with Crippen LogP contribution in [-0.2, 0) is 0 Å². The molecule has 1 atom stereocenters. The van der Waals surface area contributed by atoms with Gasteiger partial charge in [-0.25, -0.2) is 0 Å². The predicted molar refractivity (Wildman–Crippen MR) is 65.1 cm³/mol. The molecular formula is C15H12O2. The van der Waals surface area contributed by atoms with E-state index < -0.39 is 0 Å². The Morgan fingerprint density at radius 3 is 2.47 bits per heavy atom. The van der Waals surface area contributed by atoms with Crippen molar-refractivity contribution in [3.63, 3.8) is 0 Å². The van der Waals surface area contributed by atoms with Gasteiger partial charge in [0.2, 0.25) is 0 Å². The molecule has 0 N–H and O–H groups in total. The molecule has 0 amide bonds. The minimum Gasteiger partial charge on any atom is -0.489 e. The molecule has 0 bridgehead atoms. The van der Waals surface area contributed by atoms with E-state index >= 15 is 0 Å². The van der Waals surface area contributed by atoms with E-state index in [1.54, 1.807) is 0 Å². The van der Waals surface area contributed by atoms with Crippen LogP contribution in [-0.4, -0.2) is 12.7 Å². The van der Waals surface area contributed by atoms with Crippen molar-refractivity contribution in [2.24, 2.45) is 0 Å². The van der Waals surface area contributed by atoms with E-state index in [4.69, 9.17) is 9.47 Å². The van der Waals surface area contributed by atoms with Crippen molar-refractivity contribution in [1.82, 2.24) is 0 Å². The van der Waals surface area contributed by atoms with Crippen molar-refractivity contribution in [3.05, 3.63) is 48.5 Å². The highest BCUT2D eigenvalue weighted by atomic mass is 16.5. The second-order valence-electron chi connectivity index (χ2n) is 4.06. The second-order valence-corrected chi connectivity index (χ2v) is 4.06. The lowest BCUT2D eigenvalue weighted by Crippen LogP contribution is -2.23. The van der Waals surface area contributed by atoms with Gasteiger partial charge in [0.15, 0.2) is 0 Å². The van der Waals surface area contributed by atoms with Crippen LogP contribution < -0.4 is 9.47 Å². The molecule has 2 nitrogen and oxygen atoms in total. The highest BCUT2D eigenvalue weighted by Crippen LogP contribution is 2.37. The molecule has 0 saturated carbocycles. The quantitative estimate of drug-likeness (QED) is 0.684. The largest absolute Gasteiger partial charge is 0.489 e. The number of fused-ring (bicyclic) bond motifs is 3. The monoisotopic (exact) mass is 224 g/mol. The molecule has 2 heteroatoms. The Kier molecular flexibility index (Phi) is 2.48. The van der Waals surface area contributed by atoms with Crippen LogP contribution in [0.1, 0.15) is 6.92 Å². The van der Waals surface area contributed by atoms with Gasteiger partial charge in [-0.15, -0.1) is 0 Å². The molecule has 1 aliphatic heterocycles. The Bertz CT molecular complexity index is 534. The highest BCUT2D eigenvalue weighted by Gasteiger charge is 2.17. The first-order valence-corrected chi connectivity index (χ1v) is 5.66. The van der Waals surface area contributed by atoms with E-state index in [2.05, 4.69) is 12.1 Å². The minimum absolute atomic E-state index is 0.0258. The molecule has 0 unspecified atom stereocenters. The summed E-state index contributed by atoms with van der Waals surface area (Å²) in [6, 6.07) is 17.9. The molecule has 84 valence electrons. The van der Waals surface area contributed by atoms with Gasteiger partial charge in [0, 0.05) is 11.1 Å². The first kappa shape index (κ1) is 10.2. The fourth-order valence-electron chi connectivity index (χ4n) is 1.91. The third-order valence-electron chi connectivity index (χ3n) is 2.69. The van der Waals surface area contributed by atoms with Crippen LogP contribution in [0.3, 0.4) is 0 Å². The van der Waals surface area contributed by atoms with Gasteiger partial charge in [-0.05, 0) is 31.2 Å². The average Bonchev–Trinajstić information content (AvgIpc) is 2.36. The summed E-state index contributed by atoms with van der Waals surface area (Å²) in [6.45, 7) is 2.54. The SMILES string of the molecule is C[C@@H]1COc2ccc[c]c2-c2[c]cccc2O1. The van der Waals surface area contributed by atoms with E-state index in [0.717, 1.165) is 22.6 Å². The second kappa shape index (κ2) is 4.13. The smallest absolute Gasteiger partial charge is 0.130 e. The maximum absolute atomic E-state index is 5.82. The van der Waals surface area contributed by atoms with Crippen LogP contribution in [0.25, 0.3) is 11.1 Å². The topological polar surface area (TPSA) is 18.5 Å². The summed E-state index contributed by atoms with van der Waals surface area (Å²) in [7, 11) is 0. The Morgan fingerprint density at radius 2 is 1.71 bits per heavy atom.